The van der Waals surface area contributed by atoms with Gasteiger partial charge in [-0.1, -0.05) is 78.4 Å². The van der Waals surface area contributed by atoms with Gasteiger partial charge < -0.3 is 9.64 Å². The highest BCUT2D eigenvalue weighted by atomic mass is 16.5. The van der Waals surface area contributed by atoms with Crippen LogP contribution >= 0.6 is 0 Å². The third-order valence-electron chi connectivity index (χ3n) is 6.66. The molecule has 4 nitrogen and oxygen atoms in total. The number of likely N-dealkylation sites (tertiary alicyclic amines) is 1. The highest BCUT2D eigenvalue weighted by Gasteiger charge is 2.43. The second-order valence-electron chi connectivity index (χ2n) is 9.15. The van der Waals surface area contributed by atoms with Crippen molar-refractivity contribution in [2.45, 2.75) is 38.3 Å². The van der Waals surface area contributed by atoms with Crippen LogP contribution in [0.1, 0.15) is 29.5 Å². The number of aryl methyl sites for hydroxylation is 1. The summed E-state index contributed by atoms with van der Waals surface area (Å²) in [4.78, 5) is 18.3. The van der Waals surface area contributed by atoms with Crippen molar-refractivity contribution in [3.05, 3.63) is 102 Å². The summed E-state index contributed by atoms with van der Waals surface area (Å²) >= 11 is 0. The number of hydrogen-bond acceptors (Lipinski definition) is 3. The largest absolute Gasteiger partial charge is 0.382 e. The predicted octanol–water partition coefficient (Wildman–Crippen LogP) is 5.25. The Morgan fingerprint density at radius 1 is 0.879 bits per heavy atom. The van der Waals surface area contributed by atoms with Gasteiger partial charge in [-0.2, -0.15) is 0 Å². The molecule has 1 heterocycles. The Morgan fingerprint density at radius 3 is 2.09 bits per heavy atom. The Morgan fingerprint density at radius 2 is 1.48 bits per heavy atom. The van der Waals surface area contributed by atoms with Gasteiger partial charge in [0.15, 0.2) is 0 Å². The highest BCUT2D eigenvalue weighted by molar-refractivity contribution is 5.96. The number of rotatable bonds is 8. The average Bonchev–Trinajstić information content (AvgIpc) is 2.84. The van der Waals surface area contributed by atoms with E-state index in [0.717, 1.165) is 43.7 Å². The fourth-order valence-corrected chi connectivity index (χ4v) is 4.89. The molecule has 33 heavy (non-hydrogen) atoms. The molecule has 0 bridgehead atoms. The minimum Gasteiger partial charge on any atom is -0.382 e. The number of hydrogen-bond donors (Lipinski definition) is 0. The lowest BCUT2D eigenvalue weighted by molar-refractivity contribution is -0.120. The van der Waals surface area contributed by atoms with Gasteiger partial charge in [-0.25, -0.2) is 0 Å². The lowest BCUT2D eigenvalue weighted by Gasteiger charge is -2.48. The second kappa shape index (κ2) is 10.8. The number of nitrogens with zero attached hydrogens (tertiary/aromatic N) is 2. The molecule has 1 aliphatic heterocycles. The third kappa shape index (κ3) is 5.70. The predicted molar refractivity (Wildman–Crippen MR) is 134 cm³/mol. The van der Waals surface area contributed by atoms with Crippen molar-refractivity contribution in [1.82, 2.24) is 4.90 Å². The molecule has 0 N–H and O–H groups in total. The van der Waals surface area contributed by atoms with Crippen LogP contribution < -0.4 is 4.90 Å². The molecule has 0 radical (unpaired) electrons. The summed E-state index contributed by atoms with van der Waals surface area (Å²) < 4.78 is 5.74. The number of carbonyl (C=O) groups is 1. The summed E-state index contributed by atoms with van der Waals surface area (Å²) in [5.74, 6) is 0.124. The van der Waals surface area contributed by atoms with Crippen LogP contribution in [0.15, 0.2) is 84.9 Å². The molecule has 0 atom stereocenters. The molecule has 1 fully saturated rings. The van der Waals surface area contributed by atoms with E-state index in [4.69, 9.17) is 4.74 Å². The Labute approximate surface area is 197 Å². The molecule has 0 spiro atoms. The first-order valence-corrected chi connectivity index (χ1v) is 11.8. The monoisotopic (exact) mass is 442 g/mol. The van der Waals surface area contributed by atoms with Crippen molar-refractivity contribution in [3.63, 3.8) is 0 Å². The lowest BCUT2D eigenvalue weighted by Crippen LogP contribution is -2.60. The van der Waals surface area contributed by atoms with Gasteiger partial charge >= 0.3 is 0 Å². The fourth-order valence-electron chi connectivity index (χ4n) is 4.89. The summed E-state index contributed by atoms with van der Waals surface area (Å²) in [5.41, 5.74) is 4.16. The van der Waals surface area contributed by atoms with Crippen molar-refractivity contribution in [2.24, 2.45) is 0 Å². The number of ether oxygens (including phenoxy) is 1. The summed E-state index contributed by atoms with van der Waals surface area (Å²) in [5, 5.41) is 0. The van der Waals surface area contributed by atoms with Gasteiger partial charge in [0.25, 0.3) is 0 Å². The van der Waals surface area contributed by atoms with Crippen molar-refractivity contribution in [1.29, 1.82) is 0 Å². The maximum atomic E-state index is 13.8. The fraction of sp³-hybridized carbons (Fsp3) is 0.345. The van der Waals surface area contributed by atoms with E-state index in [1.54, 1.807) is 7.11 Å². The minimum absolute atomic E-state index is 0.124. The number of carbonyl (C=O) groups excluding carboxylic acids is 1. The number of piperidine rings is 1. The van der Waals surface area contributed by atoms with Crippen molar-refractivity contribution in [3.8, 4) is 0 Å². The van der Waals surface area contributed by atoms with E-state index in [9.17, 15) is 4.79 Å². The van der Waals surface area contributed by atoms with Crippen LogP contribution in [0.25, 0.3) is 0 Å². The zero-order valence-electron chi connectivity index (χ0n) is 19.7. The van der Waals surface area contributed by atoms with Crippen molar-refractivity contribution in [2.75, 3.05) is 31.7 Å². The molecule has 0 aromatic heterocycles. The summed E-state index contributed by atoms with van der Waals surface area (Å²) in [6.45, 7) is 5.39. The molecule has 4 heteroatoms. The van der Waals surface area contributed by atoms with Gasteiger partial charge in [-0.15, -0.1) is 0 Å². The van der Waals surface area contributed by atoms with E-state index in [1.165, 1.54) is 11.1 Å². The van der Waals surface area contributed by atoms with E-state index >= 15 is 0 Å². The van der Waals surface area contributed by atoms with E-state index in [1.807, 2.05) is 35.2 Å². The van der Waals surface area contributed by atoms with Gasteiger partial charge in [0.2, 0.25) is 5.91 Å². The highest BCUT2D eigenvalue weighted by Crippen LogP contribution is 2.35. The summed E-state index contributed by atoms with van der Waals surface area (Å²) in [6.07, 6.45) is 2.14. The maximum Gasteiger partial charge on any atom is 0.232 e. The molecule has 4 rings (SSSR count). The van der Waals surface area contributed by atoms with E-state index in [0.29, 0.717) is 13.0 Å². The molecular weight excluding hydrogens is 408 g/mol. The summed E-state index contributed by atoms with van der Waals surface area (Å²) in [6, 6.07) is 29.0. The summed E-state index contributed by atoms with van der Waals surface area (Å²) in [7, 11) is 1.74. The molecular formula is C29H34N2O2. The zero-order valence-corrected chi connectivity index (χ0v) is 19.7. The first-order valence-electron chi connectivity index (χ1n) is 11.8. The molecule has 172 valence electrons. The molecule has 0 unspecified atom stereocenters. The molecule has 3 aromatic carbocycles. The molecule has 1 aliphatic rings. The van der Waals surface area contributed by atoms with E-state index in [2.05, 4.69) is 66.4 Å². The van der Waals surface area contributed by atoms with Crippen molar-refractivity contribution >= 4 is 11.6 Å². The number of para-hydroxylation sites is 1. The smallest absolute Gasteiger partial charge is 0.232 e. The van der Waals surface area contributed by atoms with E-state index < -0.39 is 0 Å². The molecule has 0 saturated carbocycles. The lowest BCUT2D eigenvalue weighted by atomic mass is 9.84. The molecule has 1 amide bonds. The average molecular weight is 443 g/mol. The number of amides is 1. The van der Waals surface area contributed by atoms with Crippen LogP contribution in [0.2, 0.25) is 0 Å². The van der Waals surface area contributed by atoms with Gasteiger partial charge in [-0.3, -0.25) is 9.69 Å². The third-order valence-corrected chi connectivity index (χ3v) is 6.66. The Kier molecular flexibility index (Phi) is 7.58. The van der Waals surface area contributed by atoms with Crippen LogP contribution in [0, 0.1) is 6.92 Å². The number of methoxy groups -OCH3 is 1. The number of benzene rings is 3. The minimum atomic E-state index is -0.356. The van der Waals surface area contributed by atoms with Gasteiger partial charge in [-0.05, 0) is 43.0 Å². The normalized spacial score (nSPS) is 15.8. The van der Waals surface area contributed by atoms with Gasteiger partial charge in [0, 0.05) is 32.4 Å². The molecule has 3 aromatic rings. The standard InChI is InChI=1S/C29H34N2O2/c1-24-13-15-25(16-14-24)21-28(32)31(27-11-7-4-8-12-27)29(23-33-2)17-19-30(20-18-29)22-26-9-5-3-6-10-26/h3-16H,17-23H2,1-2H3. The molecule has 1 saturated heterocycles. The maximum absolute atomic E-state index is 13.8. The zero-order chi connectivity index (χ0) is 23.1. The van der Waals surface area contributed by atoms with Crippen LogP contribution in [-0.4, -0.2) is 43.2 Å². The first-order chi connectivity index (χ1) is 16.1. The van der Waals surface area contributed by atoms with Crippen molar-refractivity contribution < 1.29 is 9.53 Å². The Bertz CT molecular complexity index is 1010. The second-order valence-corrected chi connectivity index (χ2v) is 9.15. The molecule has 0 aliphatic carbocycles. The first kappa shape index (κ1) is 23.2. The quantitative estimate of drug-likeness (QED) is 0.478. The van der Waals surface area contributed by atoms with Crippen LogP contribution in [0.5, 0.6) is 0 Å². The Balaban J connectivity index is 1.58. The van der Waals surface area contributed by atoms with Crippen LogP contribution in [0.3, 0.4) is 0 Å². The van der Waals surface area contributed by atoms with Crippen LogP contribution in [-0.2, 0) is 22.5 Å². The SMILES string of the molecule is COCC1(N(C(=O)Cc2ccc(C)cc2)c2ccccc2)CCN(Cc2ccccc2)CC1. The Hall–Kier alpha value is -2.95. The van der Waals surface area contributed by atoms with Gasteiger partial charge in [0.05, 0.1) is 18.6 Å². The van der Waals surface area contributed by atoms with Crippen LogP contribution in [0.4, 0.5) is 5.69 Å². The number of anilines is 1. The topological polar surface area (TPSA) is 32.8 Å². The van der Waals surface area contributed by atoms with Gasteiger partial charge in [0.1, 0.15) is 0 Å². The van der Waals surface area contributed by atoms with E-state index in [-0.39, 0.29) is 11.4 Å².